The molecule has 0 aromatic heterocycles. The molecule has 23 heavy (non-hydrogen) atoms. The first-order valence-electron chi connectivity index (χ1n) is 6.85. The number of nitrogens with zero attached hydrogens (tertiary/aromatic N) is 1. The Morgan fingerprint density at radius 3 is 2.70 bits per heavy atom. The van der Waals surface area contributed by atoms with Crippen molar-refractivity contribution >= 4 is 24.0 Å². The zero-order chi connectivity index (χ0) is 17.4. The number of carbonyl (C=O) groups excluding carboxylic acids is 1. The summed E-state index contributed by atoms with van der Waals surface area (Å²) in [7, 11) is 3.09. The third-order valence-electron chi connectivity index (χ3n) is 3.30. The van der Waals surface area contributed by atoms with E-state index in [4.69, 9.17) is 10.5 Å². The molecular weight excluding hydrogens is 296 g/mol. The van der Waals surface area contributed by atoms with Crippen LogP contribution in [-0.4, -0.2) is 37.7 Å². The summed E-state index contributed by atoms with van der Waals surface area (Å²) < 4.78 is 5.43. The number of methoxy groups -OCH3 is 1. The number of nitrogens with two attached hydrogens (primary N) is 1. The summed E-state index contributed by atoms with van der Waals surface area (Å²) in [5.74, 6) is -1.05. The SMILES string of the molecule is C=C(C=O)CC(OC)c1cc(C(=O)O)ccc1/C(C=NC)=C/N. The van der Waals surface area contributed by atoms with Gasteiger partial charge in [-0.3, -0.25) is 9.79 Å². The van der Waals surface area contributed by atoms with Crippen LogP contribution in [0.3, 0.4) is 0 Å². The van der Waals surface area contributed by atoms with E-state index in [1.54, 1.807) is 19.3 Å². The Morgan fingerprint density at radius 1 is 1.52 bits per heavy atom. The van der Waals surface area contributed by atoms with Crippen LogP contribution in [0.2, 0.25) is 0 Å². The molecule has 0 aliphatic carbocycles. The summed E-state index contributed by atoms with van der Waals surface area (Å²) in [6.07, 6.45) is 3.33. The van der Waals surface area contributed by atoms with E-state index in [1.165, 1.54) is 25.4 Å². The monoisotopic (exact) mass is 316 g/mol. The average Bonchev–Trinajstić information content (AvgIpc) is 2.56. The van der Waals surface area contributed by atoms with Crippen LogP contribution < -0.4 is 5.73 Å². The maximum atomic E-state index is 11.2. The molecule has 1 atom stereocenters. The van der Waals surface area contributed by atoms with E-state index in [1.807, 2.05) is 0 Å². The molecule has 1 unspecified atom stereocenters. The number of hydrogen-bond donors (Lipinski definition) is 2. The predicted molar refractivity (Wildman–Crippen MR) is 89.6 cm³/mol. The Balaban J connectivity index is 3.49. The molecule has 1 rings (SSSR count). The largest absolute Gasteiger partial charge is 0.478 e. The Kier molecular flexibility index (Phi) is 6.89. The molecular formula is C17H20N2O4. The van der Waals surface area contributed by atoms with Gasteiger partial charge in [0.05, 0.1) is 11.7 Å². The third kappa shape index (κ3) is 4.62. The summed E-state index contributed by atoms with van der Waals surface area (Å²) in [5, 5.41) is 9.20. The van der Waals surface area contributed by atoms with E-state index in [9.17, 15) is 14.7 Å². The van der Waals surface area contributed by atoms with E-state index in [0.29, 0.717) is 28.6 Å². The smallest absolute Gasteiger partial charge is 0.335 e. The van der Waals surface area contributed by atoms with Gasteiger partial charge in [-0.25, -0.2) is 4.79 Å². The summed E-state index contributed by atoms with van der Waals surface area (Å²) in [6, 6.07) is 4.64. The number of hydrogen-bond acceptors (Lipinski definition) is 5. The second-order valence-electron chi connectivity index (χ2n) is 4.82. The molecule has 6 heteroatoms. The maximum absolute atomic E-state index is 11.2. The summed E-state index contributed by atoms with van der Waals surface area (Å²) >= 11 is 0. The van der Waals surface area contributed by atoms with E-state index in [2.05, 4.69) is 11.6 Å². The van der Waals surface area contributed by atoms with Crippen LogP contribution in [0.4, 0.5) is 0 Å². The van der Waals surface area contributed by atoms with Crippen molar-refractivity contribution in [2.75, 3.05) is 14.2 Å². The van der Waals surface area contributed by atoms with Gasteiger partial charge in [-0.05, 0) is 28.8 Å². The molecule has 0 saturated carbocycles. The predicted octanol–water partition coefficient (Wildman–Crippen LogP) is 2.22. The summed E-state index contributed by atoms with van der Waals surface area (Å²) in [6.45, 7) is 3.64. The van der Waals surface area contributed by atoms with Crippen molar-refractivity contribution in [2.24, 2.45) is 10.7 Å². The van der Waals surface area contributed by atoms with Crippen molar-refractivity contribution in [3.05, 3.63) is 53.2 Å². The van der Waals surface area contributed by atoms with Crippen molar-refractivity contribution in [1.82, 2.24) is 0 Å². The van der Waals surface area contributed by atoms with Gasteiger partial charge in [-0.1, -0.05) is 12.6 Å². The lowest BCUT2D eigenvalue weighted by Gasteiger charge is -2.20. The third-order valence-corrected chi connectivity index (χ3v) is 3.30. The lowest BCUT2D eigenvalue weighted by Crippen LogP contribution is -2.10. The van der Waals surface area contributed by atoms with Gasteiger partial charge < -0.3 is 15.6 Å². The average molecular weight is 316 g/mol. The molecule has 6 nitrogen and oxygen atoms in total. The van der Waals surface area contributed by atoms with Crippen molar-refractivity contribution in [3.8, 4) is 0 Å². The van der Waals surface area contributed by atoms with Crippen molar-refractivity contribution in [1.29, 1.82) is 0 Å². The van der Waals surface area contributed by atoms with Gasteiger partial charge in [-0.15, -0.1) is 0 Å². The zero-order valence-corrected chi connectivity index (χ0v) is 13.2. The molecule has 3 N–H and O–H groups in total. The molecule has 0 fully saturated rings. The minimum absolute atomic E-state index is 0.118. The van der Waals surface area contributed by atoms with Crippen LogP contribution in [0.15, 0.2) is 41.5 Å². The normalized spacial score (nSPS) is 13.0. The minimum atomic E-state index is -1.05. The van der Waals surface area contributed by atoms with Crippen molar-refractivity contribution in [3.63, 3.8) is 0 Å². The first-order valence-corrected chi connectivity index (χ1v) is 6.85. The van der Waals surface area contributed by atoms with Crippen LogP contribution in [0, 0.1) is 0 Å². The van der Waals surface area contributed by atoms with Gasteiger partial charge in [0.15, 0.2) is 0 Å². The molecule has 0 saturated heterocycles. The van der Waals surface area contributed by atoms with Crippen LogP contribution >= 0.6 is 0 Å². The highest BCUT2D eigenvalue weighted by Crippen LogP contribution is 2.31. The molecule has 122 valence electrons. The Bertz CT molecular complexity index is 663. The highest BCUT2D eigenvalue weighted by molar-refractivity contribution is 6.10. The maximum Gasteiger partial charge on any atom is 0.335 e. The number of ether oxygens (including phenoxy) is 1. The molecule has 0 aliphatic rings. The topological polar surface area (TPSA) is 102 Å². The Labute approximate surface area is 135 Å². The summed E-state index contributed by atoms with van der Waals surface area (Å²) in [4.78, 5) is 26.0. The fraction of sp³-hybridized carbons (Fsp3) is 0.235. The molecule has 0 spiro atoms. The second-order valence-corrected chi connectivity index (χ2v) is 4.82. The molecule has 1 aromatic rings. The fourth-order valence-electron chi connectivity index (χ4n) is 2.17. The first kappa shape index (κ1) is 18.3. The number of aromatic carboxylic acids is 1. The molecule has 0 heterocycles. The van der Waals surface area contributed by atoms with Gasteiger partial charge in [0, 0.05) is 38.6 Å². The highest BCUT2D eigenvalue weighted by atomic mass is 16.5. The van der Waals surface area contributed by atoms with Crippen LogP contribution in [0.5, 0.6) is 0 Å². The first-order chi connectivity index (χ1) is 11.0. The Hall–Kier alpha value is -2.73. The zero-order valence-electron chi connectivity index (χ0n) is 13.2. The Morgan fingerprint density at radius 2 is 2.22 bits per heavy atom. The van der Waals surface area contributed by atoms with Gasteiger partial charge >= 0.3 is 5.97 Å². The summed E-state index contributed by atoms with van der Waals surface area (Å²) in [5.41, 5.74) is 8.03. The number of rotatable bonds is 8. The molecule has 1 aromatic carbocycles. The standard InChI is InChI=1S/C17H20N2O4/c1-11(10-20)6-16(23-3)15-7-12(17(21)22)4-5-14(15)13(8-18)9-19-2/h4-5,7-10,16H,1,6,18H2,2-3H3,(H,21,22)/b13-8+,19-9?. The van der Waals surface area contributed by atoms with Crippen molar-refractivity contribution < 1.29 is 19.4 Å². The quantitative estimate of drug-likeness (QED) is 0.435. The van der Waals surface area contributed by atoms with E-state index in [0.717, 1.165) is 0 Å². The van der Waals surface area contributed by atoms with Gasteiger partial charge in [-0.2, -0.15) is 0 Å². The lowest BCUT2D eigenvalue weighted by atomic mass is 9.92. The van der Waals surface area contributed by atoms with Gasteiger partial charge in [0.25, 0.3) is 0 Å². The molecule has 0 amide bonds. The number of allylic oxidation sites excluding steroid dienone is 1. The van der Waals surface area contributed by atoms with E-state index in [-0.39, 0.29) is 12.0 Å². The van der Waals surface area contributed by atoms with Crippen LogP contribution in [0.25, 0.3) is 5.57 Å². The van der Waals surface area contributed by atoms with Crippen LogP contribution in [-0.2, 0) is 9.53 Å². The number of carboxylic acids is 1. The number of aliphatic imine (C=N–C) groups is 1. The van der Waals surface area contributed by atoms with Gasteiger partial charge in [0.1, 0.15) is 6.29 Å². The second kappa shape index (κ2) is 8.65. The number of carboxylic acid groups (broad SMARTS) is 1. The fourth-order valence-corrected chi connectivity index (χ4v) is 2.17. The minimum Gasteiger partial charge on any atom is -0.478 e. The van der Waals surface area contributed by atoms with E-state index >= 15 is 0 Å². The molecule has 0 bridgehead atoms. The van der Waals surface area contributed by atoms with Crippen LogP contribution in [0.1, 0.15) is 34.0 Å². The van der Waals surface area contributed by atoms with E-state index < -0.39 is 12.1 Å². The number of benzene rings is 1. The number of carbonyl (C=O) groups is 2. The van der Waals surface area contributed by atoms with Crippen molar-refractivity contribution in [2.45, 2.75) is 12.5 Å². The van der Waals surface area contributed by atoms with Gasteiger partial charge in [0.2, 0.25) is 0 Å². The molecule has 0 aliphatic heterocycles. The highest BCUT2D eigenvalue weighted by Gasteiger charge is 2.19. The number of aldehydes is 1. The molecule has 0 radical (unpaired) electrons. The lowest BCUT2D eigenvalue weighted by molar-refractivity contribution is -0.105.